The van der Waals surface area contributed by atoms with Crippen LogP contribution in [0.25, 0.3) is 0 Å². The van der Waals surface area contributed by atoms with Crippen molar-refractivity contribution in [3.8, 4) is 0 Å². The molecule has 6 heteroatoms. The largest absolute Gasteiger partial charge is 0.481 e. The van der Waals surface area contributed by atoms with Crippen LogP contribution < -0.4 is 5.32 Å². The van der Waals surface area contributed by atoms with Gasteiger partial charge < -0.3 is 20.4 Å². The Morgan fingerprint density at radius 2 is 1.88 bits per heavy atom. The van der Waals surface area contributed by atoms with E-state index in [-0.39, 0.29) is 37.7 Å². The average Bonchev–Trinajstić information content (AvgIpc) is 2.22. The molecule has 6 nitrogen and oxygen atoms in total. The van der Waals surface area contributed by atoms with E-state index in [0.717, 1.165) is 0 Å². The molecule has 0 fully saturated rings. The molecule has 0 bridgehead atoms. The van der Waals surface area contributed by atoms with Crippen molar-refractivity contribution in [2.24, 2.45) is 0 Å². The topological polar surface area (TPSA) is 89.9 Å². The summed E-state index contributed by atoms with van der Waals surface area (Å²) in [5.41, 5.74) is 0. The Morgan fingerprint density at radius 1 is 1.29 bits per heavy atom. The van der Waals surface area contributed by atoms with Crippen molar-refractivity contribution in [3.05, 3.63) is 0 Å². The van der Waals surface area contributed by atoms with Crippen molar-refractivity contribution in [2.75, 3.05) is 13.2 Å². The summed E-state index contributed by atoms with van der Waals surface area (Å²) in [6.07, 6.45) is 0.426. The number of carboxylic acids is 1. The number of carbonyl (C=O) groups is 2. The van der Waals surface area contributed by atoms with Gasteiger partial charge in [-0.3, -0.25) is 4.79 Å². The summed E-state index contributed by atoms with van der Waals surface area (Å²) < 4.78 is 0. The van der Waals surface area contributed by atoms with Crippen molar-refractivity contribution >= 4 is 12.0 Å². The normalized spacial score (nSPS) is 12.3. The van der Waals surface area contributed by atoms with Crippen LogP contribution in [-0.4, -0.2) is 52.3 Å². The first-order chi connectivity index (χ1) is 7.88. The molecule has 2 amide bonds. The molecule has 0 saturated heterocycles. The molecule has 3 N–H and O–H groups in total. The van der Waals surface area contributed by atoms with E-state index in [0.29, 0.717) is 6.42 Å². The Hall–Kier alpha value is -1.30. The summed E-state index contributed by atoms with van der Waals surface area (Å²) in [6.45, 7) is 5.66. The summed E-state index contributed by atoms with van der Waals surface area (Å²) in [5, 5.41) is 20.1. The number of hydrogen-bond acceptors (Lipinski definition) is 3. The summed E-state index contributed by atoms with van der Waals surface area (Å²) in [6, 6.07) is -0.473. The first-order valence-electron chi connectivity index (χ1n) is 5.78. The molecule has 0 aliphatic carbocycles. The van der Waals surface area contributed by atoms with Gasteiger partial charge in [0.05, 0.1) is 6.61 Å². The molecule has 0 aromatic carbocycles. The number of amides is 2. The van der Waals surface area contributed by atoms with Crippen molar-refractivity contribution in [1.82, 2.24) is 10.2 Å². The summed E-state index contributed by atoms with van der Waals surface area (Å²) in [7, 11) is 0. The molecule has 0 aromatic heterocycles. The Bertz CT molecular complexity index is 256. The number of aliphatic hydroxyl groups excluding tert-OH is 1. The van der Waals surface area contributed by atoms with Gasteiger partial charge in [-0.2, -0.15) is 0 Å². The van der Waals surface area contributed by atoms with E-state index >= 15 is 0 Å². The van der Waals surface area contributed by atoms with Gasteiger partial charge in [-0.1, -0.05) is 0 Å². The molecule has 0 radical (unpaired) electrons. The molecule has 0 aromatic rings. The van der Waals surface area contributed by atoms with Crippen LogP contribution in [0.3, 0.4) is 0 Å². The minimum atomic E-state index is -0.873. The highest BCUT2D eigenvalue weighted by Gasteiger charge is 2.18. The fourth-order valence-electron chi connectivity index (χ4n) is 1.41. The summed E-state index contributed by atoms with van der Waals surface area (Å²) >= 11 is 0. The van der Waals surface area contributed by atoms with E-state index in [1.807, 2.05) is 13.8 Å². The Morgan fingerprint density at radius 3 is 2.29 bits per heavy atom. The average molecular weight is 246 g/mol. The third-order valence-corrected chi connectivity index (χ3v) is 2.39. The predicted molar refractivity (Wildman–Crippen MR) is 63.8 cm³/mol. The van der Waals surface area contributed by atoms with Crippen LogP contribution in [0.1, 0.15) is 33.6 Å². The molecular formula is C11H22N2O4. The van der Waals surface area contributed by atoms with Crippen molar-refractivity contribution in [3.63, 3.8) is 0 Å². The van der Waals surface area contributed by atoms with Crippen LogP contribution in [-0.2, 0) is 4.79 Å². The Kier molecular flexibility index (Phi) is 7.29. The van der Waals surface area contributed by atoms with E-state index in [2.05, 4.69) is 5.32 Å². The maximum Gasteiger partial charge on any atom is 0.317 e. The number of hydrogen-bond donors (Lipinski definition) is 3. The van der Waals surface area contributed by atoms with Gasteiger partial charge in [-0.25, -0.2) is 4.79 Å². The number of carboxylic acid groups (broad SMARTS) is 1. The molecule has 0 spiro atoms. The molecule has 1 atom stereocenters. The highest BCUT2D eigenvalue weighted by atomic mass is 16.4. The molecule has 0 heterocycles. The van der Waals surface area contributed by atoms with Crippen LogP contribution >= 0.6 is 0 Å². The molecule has 0 aliphatic rings. The first-order valence-corrected chi connectivity index (χ1v) is 5.78. The molecule has 0 aliphatic heterocycles. The lowest BCUT2D eigenvalue weighted by Crippen LogP contribution is -2.48. The highest BCUT2D eigenvalue weighted by Crippen LogP contribution is 2.01. The fraction of sp³-hybridized carbons (Fsp3) is 0.818. The molecular weight excluding hydrogens is 224 g/mol. The number of rotatable bonds is 7. The lowest BCUT2D eigenvalue weighted by atomic mass is 10.2. The third kappa shape index (κ3) is 6.78. The van der Waals surface area contributed by atoms with E-state index in [1.54, 1.807) is 6.92 Å². The maximum absolute atomic E-state index is 11.8. The molecule has 100 valence electrons. The van der Waals surface area contributed by atoms with Gasteiger partial charge in [-0.15, -0.1) is 0 Å². The lowest BCUT2D eigenvalue weighted by molar-refractivity contribution is -0.137. The SMILES string of the molecule is CC(CCC(=O)O)NC(=O)N(CCO)C(C)C. The van der Waals surface area contributed by atoms with Gasteiger partial charge in [-0.05, 0) is 27.2 Å². The van der Waals surface area contributed by atoms with Crippen molar-refractivity contribution in [2.45, 2.75) is 45.7 Å². The molecule has 17 heavy (non-hydrogen) atoms. The van der Waals surface area contributed by atoms with Gasteiger partial charge in [0, 0.05) is 25.0 Å². The van der Waals surface area contributed by atoms with Crippen LogP contribution in [0.5, 0.6) is 0 Å². The zero-order chi connectivity index (χ0) is 13.4. The maximum atomic E-state index is 11.8. The number of urea groups is 1. The van der Waals surface area contributed by atoms with E-state index in [4.69, 9.17) is 10.2 Å². The Labute approximate surface area is 102 Å². The quantitative estimate of drug-likeness (QED) is 0.615. The van der Waals surface area contributed by atoms with Gasteiger partial charge in [0.1, 0.15) is 0 Å². The first kappa shape index (κ1) is 15.7. The van der Waals surface area contributed by atoms with Crippen LogP contribution in [0.15, 0.2) is 0 Å². The molecule has 1 unspecified atom stereocenters. The van der Waals surface area contributed by atoms with Crippen LogP contribution in [0.4, 0.5) is 4.79 Å². The third-order valence-electron chi connectivity index (χ3n) is 2.39. The number of carbonyl (C=O) groups excluding carboxylic acids is 1. The number of nitrogens with zero attached hydrogens (tertiary/aromatic N) is 1. The Balaban J connectivity index is 4.15. The number of nitrogens with one attached hydrogen (secondary N) is 1. The van der Waals surface area contributed by atoms with Crippen LogP contribution in [0.2, 0.25) is 0 Å². The second-order valence-electron chi connectivity index (χ2n) is 4.29. The van der Waals surface area contributed by atoms with E-state index in [1.165, 1.54) is 4.90 Å². The zero-order valence-corrected chi connectivity index (χ0v) is 10.6. The smallest absolute Gasteiger partial charge is 0.317 e. The fourth-order valence-corrected chi connectivity index (χ4v) is 1.41. The molecule has 0 saturated carbocycles. The predicted octanol–water partition coefficient (Wildman–Crippen LogP) is 0.652. The highest BCUT2D eigenvalue weighted by molar-refractivity contribution is 5.75. The standard InChI is InChI=1S/C11H22N2O4/c1-8(2)13(6-7-14)11(17)12-9(3)4-5-10(15)16/h8-9,14H,4-7H2,1-3H3,(H,12,17)(H,15,16). The van der Waals surface area contributed by atoms with Gasteiger partial charge in [0.15, 0.2) is 0 Å². The second kappa shape index (κ2) is 7.89. The van der Waals surface area contributed by atoms with Crippen molar-refractivity contribution in [1.29, 1.82) is 0 Å². The van der Waals surface area contributed by atoms with E-state index < -0.39 is 5.97 Å². The van der Waals surface area contributed by atoms with Gasteiger partial charge in [0.25, 0.3) is 0 Å². The summed E-state index contributed by atoms with van der Waals surface area (Å²) in [5.74, 6) is -0.873. The van der Waals surface area contributed by atoms with Gasteiger partial charge in [0.2, 0.25) is 0 Å². The minimum Gasteiger partial charge on any atom is -0.481 e. The zero-order valence-electron chi connectivity index (χ0n) is 10.6. The van der Waals surface area contributed by atoms with E-state index in [9.17, 15) is 9.59 Å². The summed E-state index contributed by atoms with van der Waals surface area (Å²) in [4.78, 5) is 23.7. The molecule has 0 rings (SSSR count). The van der Waals surface area contributed by atoms with Crippen LogP contribution in [0, 0.1) is 0 Å². The monoisotopic (exact) mass is 246 g/mol. The lowest BCUT2D eigenvalue weighted by Gasteiger charge is -2.27. The minimum absolute atomic E-state index is 0.00572. The van der Waals surface area contributed by atoms with Gasteiger partial charge >= 0.3 is 12.0 Å². The number of aliphatic carboxylic acids is 1. The van der Waals surface area contributed by atoms with Crippen molar-refractivity contribution < 1.29 is 19.8 Å². The second-order valence-corrected chi connectivity index (χ2v) is 4.29. The number of aliphatic hydroxyl groups is 1.